The summed E-state index contributed by atoms with van der Waals surface area (Å²) >= 11 is 0. The van der Waals surface area contributed by atoms with Crippen molar-refractivity contribution >= 4 is 11.7 Å². The fourth-order valence-electron chi connectivity index (χ4n) is 2.58. The molecule has 1 amide bonds. The van der Waals surface area contributed by atoms with Crippen LogP contribution in [0.2, 0.25) is 0 Å². The highest BCUT2D eigenvalue weighted by atomic mass is 16.5. The van der Waals surface area contributed by atoms with Gasteiger partial charge in [-0.25, -0.2) is 9.97 Å². The van der Waals surface area contributed by atoms with E-state index in [9.17, 15) is 4.79 Å². The Morgan fingerprint density at radius 1 is 1.30 bits per heavy atom. The Morgan fingerprint density at radius 3 is 2.96 bits per heavy atom. The fraction of sp³-hybridized carbons (Fsp3) is 0.438. The Kier molecular flexibility index (Phi) is 5.21. The van der Waals surface area contributed by atoms with Crippen LogP contribution in [0.1, 0.15) is 16.8 Å². The van der Waals surface area contributed by atoms with Crippen molar-refractivity contribution in [3.63, 3.8) is 0 Å². The summed E-state index contributed by atoms with van der Waals surface area (Å²) in [6.07, 6.45) is 8.03. The summed E-state index contributed by atoms with van der Waals surface area (Å²) in [6, 6.07) is 3.62. The summed E-state index contributed by atoms with van der Waals surface area (Å²) < 4.78 is 7.35. The highest BCUT2D eigenvalue weighted by molar-refractivity contribution is 5.98. The van der Waals surface area contributed by atoms with Crippen molar-refractivity contribution in [1.29, 1.82) is 0 Å². The van der Waals surface area contributed by atoms with Crippen molar-refractivity contribution < 1.29 is 9.53 Å². The van der Waals surface area contributed by atoms with Gasteiger partial charge in [0, 0.05) is 44.8 Å². The van der Waals surface area contributed by atoms with Crippen LogP contribution in [0.3, 0.4) is 0 Å². The first kappa shape index (κ1) is 15.5. The van der Waals surface area contributed by atoms with E-state index in [0.29, 0.717) is 25.3 Å². The monoisotopic (exact) mass is 315 g/mol. The first-order valence-electron chi connectivity index (χ1n) is 7.86. The van der Waals surface area contributed by atoms with E-state index in [-0.39, 0.29) is 5.91 Å². The van der Waals surface area contributed by atoms with Crippen molar-refractivity contribution in [3.8, 4) is 0 Å². The van der Waals surface area contributed by atoms with E-state index in [1.165, 1.54) is 0 Å². The molecule has 1 N–H and O–H groups in total. The number of anilines is 1. The maximum absolute atomic E-state index is 12.4. The number of nitrogens with one attached hydrogen (secondary N) is 1. The van der Waals surface area contributed by atoms with Crippen LogP contribution >= 0.6 is 0 Å². The second-order valence-corrected chi connectivity index (χ2v) is 5.38. The molecule has 2 aromatic heterocycles. The Hall–Kier alpha value is -2.41. The first-order valence-corrected chi connectivity index (χ1v) is 7.86. The number of aryl methyl sites for hydroxylation is 1. The lowest BCUT2D eigenvalue weighted by Crippen LogP contribution is -2.38. The van der Waals surface area contributed by atoms with Crippen LogP contribution in [0, 0.1) is 0 Å². The van der Waals surface area contributed by atoms with E-state index < -0.39 is 0 Å². The van der Waals surface area contributed by atoms with Crippen molar-refractivity contribution in [2.75, 3.05) is 37.7 Å². The quantitative estimate of drug-likeness (QED) is 0.803. The zero-order chi connectivity index (χ0) is 15.9. The molecule has 3 rings (SSSR count). The second-order valence-electron chi connectivity index (χ2n) is 5.38. The first-order chi connectivity index (χ1) is 11.3. The van der Waals surface area contributed by atoms with Gasteiger partial charge in [-0.15, -0.1) is 0 Å². The van der Waals surface area contributed by atoms with Crippen molar-refractivity contribution in [3.05, 3.63) is 42.6 Å². The number of morpholine rings is 1. The largest absolute Gasteiger partial charge is 0.378 e. The van der Waals surface area contributed by atoms with Gasteiger partial charge < -0.3 is 19.5 Å². The third kappa shape index (κ3) is 4.07. The summed E-state index contributed by atoms with van der Waals surface area (Å²) in [5, 5.41) is 2.97. The van der Waals surface area contributed by atoms with Gasteiger partial charge in [0.2, 0.25) is 0 Å². The topological polar surface area (TPSA) is 72.3 Å². The number of nitrogens with zero attached hydrogens (tertiary/aromatic N) is 4. The average molecular weight is 315 g/mol. The van der Waals surface area contributed by atoms with Crippen LogP contribution < -0.4 is 10.2 Å². The van der Waals surface area contributed by atoms with Crippen LogP contribution in [0.25, 0.3) is 0 Å². The molecule has 0 spiro atoms. The molecule has 0 saturated carbocycles. The molecule has 0 aliphatic carbocycles. The number of aromatic nitrogens is 3. The predicted molar refractivity (Wildman–Crippen MR) is 86.4 cm³/mol. The fourth-order valence-corrected chi connectivity index (χ4v) is 2.58. The van der Waals surface area contributed by atoms with E-state index >= 15 is 0 Å². The lowest BCUT2D eigenvalue weighted by Gasteiger charge is -2.29. The maximum Gasteiger partial charge on any atom is 0.255 e. The van der Waals surface area contributed by atoms with E-state index in [4.69, 9.17) is 4.74 Å². The summed E-state index contributed by atoms with van der Waals surface area (Å²) in [4.78, 5) is 22.9. The summed E-state index contributed by atoms with van der Waals surface area (Å²) in [5.41, 5.74) is 0.622. The van der Waals surface area contributed by atoms with Crippen molar-refractivity contribution in [1.82, 2.24) is 19.9 Å². The lowest BCUT2D eigenvalue weighted by atomic mass is 10.2. The molecule has 7 heteroatoms. The molecule has 0 unspecified atom stereocenters. The highest BCUT2D eigenvalue weighted by Crippen LogP contribution is 2.18. The van der Waals surface area contributed by atoms with Gasteiger partial charge in [0.15, 0.2) is 0 Å². The summed E-state index contributed by atoms with van der Waals surface area (Å²) in [5.74, 6) is 0.660. The molecule has 1 aliphatic rings. The van der Waals surface area contributed by atoms with Crippen LogP contribution in [0.4, 0.5) is 5.82 Å². The molecule has 1 saturated heterocycles. The number of ether oxygens (including phenoxy) is 1. The summed E-state index contributed by atoms with van der Waals surface area (Å²) in [6.45, 7) is 4.32. The average Bonchev–Trinajstić information content (AvgIpc) is 3.13. The molecule has 0 bridgehead atoms. The van der Waals surface area contributed by atoms with Crippen LogP contribution in [0.15, 0.2) is 37.1 Å². The third-order valence-corrected chi connectivity index (χ3v) is 3.78. The number of hydrogen-bond donors (Lipinski definition) is 1. The molecule has 7 nitrogen and oxygen atoms in total. The Bertz CT molecular complexity index is 623. The Labute approximate surface area is 135 Å². The molecule has 2 aromatic rings. The SMILES string of the molecule is O=C(NCCCn1ccnc1)c1cccnc1N1CCOCC1. The molecular weight excluding hydrogens is 294 g/mol. The maximum atomic E-state index is 12.4. The van der Waals surface area contributed by atoms with Gasteiger partial charge in [-0.3, -0.25) is 4.79 Å². The number of rotatable bonds is 6. The molecular formula is C16H21N5O2. The number of pyridine rings is 1. The molecule has 1 fully saturated rings. The van der Waals surface area contributed by atoms with Gasteiger partial charge in [0.1, 0.15) is 5.82 Å². The van der Waals surface area contributed by atoms with Gasteiger partial charge in [-0.1, -0.05) is 0 Å². The molecule has 0 radical (unpaired) electrons. The van der Waals surface area contributed by atoms with E-state index in [0.717, 1.165) is 31.9 Å². The number of carbonyl (C=O) groups is 1. The molecule has 0 atom stereocenters. The summed E-state index contributed by atoms with van der Waals surface area (Å²) in [7, 11) is 0. The predicted octanol–water partition coefficient (Wildman–Crippen LogP) is 0.935. The van der Waals surface area contributed by atoms with E-state index in [1.807, 2.05) is 16.8 Å². The van der Waals surface area contributed by atoms with Gasteiger partial charge in [0.05, 0.1) is 25.1 Å². The number of hydrogen-bond acceptors (Lipinski definition) is 5. The molecule has 0 aromatic carbocycles. The third-order valence-electron chi connectivity index (χ3n) is 3.78. The molecule has 3 heterocycles. The Morgan fingerprint density at radius 2 is 2.17 bits per heavy atom. The van der Waals surface area contributed by atoms with E-state index in [2.05, 4.69) is 20.2 Å². The zero-order valence-corrected chi connectivity index (χ0v) is 13.0. The number of amides is 1. The lowest BCUT2D eigenvalue weighted by molar-refractivity contribution is 0.0950. The molecule has 122 valence electrons. The highest BCUT2D eigenvalue weighted by Gasteiger charge is 2.19. The smallest absolute Gasteiger partial charge is 0.255 e. The zero-order valence-electron chi connectivity index (χ0n) is 13.0. The second kappa shape index (κ2) is 7.73. The van der Waals surface area contributed by atoms with Gasteiger partial charge in [0.25, 0.3) is 5.91 Å². The van der Waals surface area contributed by atoms with Crippen molar-refractivity contribution in [2.45, 2.75) is 13.0 Å². The number of imidazole rings is 1. The minimum Gasteiger partial charge on any atom is -0.378 e. The standard InChI is InChI=1S/C16H21N5O2/c22-16(19-5-2-7-20-8-6-17-13-20)14-3-1-4-18-15(14)21-9-11-23-12-10-21/h1,3-4,6,8,13H,2,5,7,9-12H2,(H,19,22). The molecule has 23 heavy (non-hydrogen) atoms. The molecule has 1 aliphatic heterocycles. The normalized spacial score (nSPS) is 14.7. The van der Waals surface area contributed by atoms with Gasteiger partial charge in [-0.2, -0.15) is 0 Å². The van der Waals surface area contributed by atoms with Crippen LogP contribution in [-0.4, -0.2) is 53.3 Å². The minimum absolute atomic E-state index is 0.0785. The minimum atomic E-state index is -0.0785. The van der Waals surface area contributed by atoms with Crippen molar-refractivity contribution in [2.24, 2.45) is 0 Å². The van der Waals surface area contributed by atoms with Gasteiger partial charge in [-0.05, 0) is 18.6 Å². The van der Waals surface area contributed by atoms with Gasteiger partial charge >= 0.3 is 0 Å². The van der Waals surface area contributed by atoms with E-state index in [1.54, 1.807) is 24.8 Å². The van der Waals surface area contributed by atoms with Crippen LogP contribution in [-0.2, 0) is 11.3 Å². The Balaban J connectivity index is 1.56. The number of carbonyl (C=O) groups excluding carboxylic acids is 1. The van der Waals surface area contributed by atoms with Crippen LogP contribution in [0.5, 0.6) is 0 Å².